The number of aliphatic carboxylic acids is 1. The van der Waals surface area contributed by atoms with Crippen molar-refractivity contribution >= 4 is 17.8 Å². The van der Waals surface area contributed by atoms with Crippen LogP contribution in [0.5, 0.6) is 0 Å². The van der Waals surface area contributed by atoms with Crippen molar-refractivity contribution in [1.82, 2.24) is 10.6 Å². The second-order valence-electron chi connectivity index (χ2n) is 10.8. The van der Waals surface area contributed by atoms with Crippen molar-refractivity contribution in [3.63, 3.8) is 0 Å². The minimum atomic E-state index is -0.895. The number of halogens is 1. The number of carbonyl (C=O) groups excluding carboxylic acids is 2. The fourth-order valence-corrected chi connectivity index (χ4v) is 4.42. The third-order valence-electron chi connectivity index (χ3n) is 6.77. The highest BCUT2D eigenvalue weighted by molar-refractivity contribution is 5.89. The quantitative estimate of drug-likeness (QED) is 0.326. The molecule has 0 saturated carbocycles. The Labute approximate surface area is 220 Å². The van der Waals surface area contributed by atoms with Crippen LogP contribution in [0.25, 0.3) is 11.1 Å². The van der Waals surface area contributed by atoms with Gasteiger partial charge in [0.2, 0.25) is 11.8 Å². The van der Waals surface area contributed by atoms with Crippen molar-refractivity contribution in [2.45, 2.75) is 72.3 Å². The Hall–Kier alpha value is -3.22. The lowest BCUT2D eigenvalue weighted by atomic mass is 9.83. The molecule has 0 spiro atoms. The number of likely N-dealkylation sites (N-methyl/N-ethyl adjacent to an activating group) is 1. The molecule has 0 saturated heterocycles. The van der Waals surface area contributed by atoms with Crippen LogP contribution >= 0.6 is 0 Å². The van der Waals surface area contributed by atoms with Gasteiger partial charge in [-0.2, -0.15) is 0 Å². The maximum absolute atomic E-state index is 13.4. The number of hydrogen-bond donors (Lipinski definition) is 3. The van der Waals surface area contributed by atoms with E-state index in [9.17, 15) is 23.9 Å². The first kappa shape index (κ1) is 30.0. The Morgan fingerprint density at radius 3 is 1.95 bits per heavy atom. The Kier molecular flexibility index (Phi) is 11.3. The molecule has 0 radical (unpaired) electrons. The van der Waals surface area contributed by atoms with E-state index in [-0.39, 0.29) is 24.1 Å². The number of carbonyl (C=O) groups is 3. The van der Waals surface area contributed by atoms with Gasteiger partial charge in [-0.1, -0.05) is 76.9 Å². The second-order valence-corrected chi connectivity index (χ2v) is 10.8. The Morgan fingerprint density at radius 2 is 1.46 bits per heavy atom. The first-order valence-electron chi connectivity index (χ1n) is 13.1. The molecule has 0 fully saturated rings. The fourth-order valence-electron chi connectivity index (χ4n) is 4.42. The Balaban J connectivity index is 2.20. The van der Waals surface area contributed by atoms with Gasteiger partial charge in [0.05, 0.1) is 5.92 Å². The fraction of sp³-hybridized carbons (Fsp3) is 0.500. The normalized spacial score (nSPS) is 13.9. The number of unbranched alkanes of at least 4 members (excludes halogenated alkanes) is 1. The van der Waals surface area contributed by atoms with E-state index in [2.05, 4.69) is 10.6 Å². The molecule has 0 aliphatic heterocycles. The zero-order valence-corrected chi connectivity index (χ0v) is 22.6. The molecule has 3 N–H and O–H groups in total. The predicted molar refractivity (Wildman–Crippen MR) is 144 cm³/mol. The average molecular weight is 513 g/mol. The third kappa shape index (κ3) is 9.30. The number of amides is 2. The minimum Gasteiger partial charge on any atom is -0.481 e. The Morgan fingerprint density at radius 1 is 0.892 bits per heavy atom. The molecular formula is C30H41FN2O4. The number of rotatable bonds is 13. The molecule has 0 aliphatic rings. The van der Waals surface area contributed by atoms with E-state index in [1.807, 2.05) is 52.0 Å². The highest BCUT2D eigenvalue weighted by Crippen LogP contribution is 2.26. The van der Waals surface area contributed by atoms with Crippen LogP contribution in [0, 0.1) is 23.1 Å². The molecule has 202 valence electrons. The molecule has 0 bridgehead atoms. The molecule has 6 nitrogen and oxygen atoms in total. The summed E-state index contributed by atoms with van der Waals surface area (Å²) in [6, 6.07) is 13.4. The van der Waals surface area contributed by atoms with Gasteiger partial charge in [0, 0.05) is 13.0 Å². The number of benzene rings is 2. The summed E-state index contributed by atoms with van der Waals surface area (Å²) < 4.78 is 13.2. The van der Waals surface area contributed by atoms with E-state index in [4.69, 9.17) is 0 Å². The van der Waals surface area contributed by atoms with Crippen molar-refractivity contribution in [2.75, 3.05) is 7.05 Å². The highest BCUT2D eigenvalue weighted by atomic mass is 19.1. The Bertz CT molecular complexity index is 1030. The lowest BCUT2D eigenvalue weighted by molar-refractivity contribution is -0.143. The van der Waals surface area contributed by atoms with E-state index < -0.39 is 29.3 Å². The molecule has 2 aromatic carbocycles. The smallest absolute Gasteiger partial charge is 0.306 e. The van der Waals surface area contributed by atoms with E-state index in [1.54, 1.807) is 12.1 Å². The number of carboxylic acids is 1. The van der Waals surface area contributed by atoms with Crippen molar-refractivity contribution in [2.24, 2.45) is 17.3 Å². The van der Waals surface area contributed by atoms with Gasteiger partial charge in [0.25, 0.3) is 0 Å². The molecule has 0 aliphatic carbocycles. The number of hydrogen-bond acceptors (Lipinski definition) is 3. The van der Waals surface area contributed by atoms with Gasteiger partial charge in [0.1, 0.15) is 11.9 Å². The predicted octanol–water partition coefficient (Wildman–Crippen LogP) is 5.60. The first-order valence-corrected chi connectivity index (χ1v) is 13.1. The molecule has 37 heavy (non-hydrogen) atoms. The first-order chi connectivity index (χ1) is 17.5. The summed E-state index contributed by atoms with van der Waals surface area (Å²) in [6.07, 6.45) is 3.44. The van der Waals surface area contributed by atoms with Gasteiger partial charge in [-0.3, -0.25) is 14.4 Å². The van der Waals surface area contributed by atoms with Crippen LogP contribution in [-0.4, -0.2) is 36.0 Å². The monoisotopic (exact) mass is 512 g/mol. The highest BCUT2D eigenvalue weighted by Gasteiger charge is 2.35. The van der Waals surface area contributed by atoms with Gasteiger partial charge in [-0.05, 0) is 59.9 Å². The topological polar surface area (TPSA) is 95.5 Å². The lowest BCUT2D eigenvalue weighted by Crippen LogP contribution is -2.54. The summed E-state index contributed by atoms with van der Waals surface area (Å²) in [6.45, 7) is 7.65. The zero-order chi connectivity index (χ0) is 27.6. The number of carboxylic acid groups (broad SMARTS) is 1. The summed E-state index contributed by atoms with van der Waals surface area (Å²) in [7, 11) is 1.53. The lowest BCUT2D eigenvalue weighted by Gasteiger charge is -2.31. The van der Waals surface area contributed by atoms with Crippen molar-refractivity contribution < 1.29 is 23.9 Å². The standard InChI is InChI=1S/C30H41FN2O4/c1-6-7-8-24(29(36)37)19-23(27(34)33-26(28(35)32-5)30(2,3)4)14-11-20-9-12-21(13-10-20)22-15-17-25(31)18-16-22/h9-10,12-13,15-18,23-24,26H,6-8,11,14,19H2,1-5H3,(H,32,35)(H,33,34)(H,36,37)/t23-,24+,26-/m1/s1. The van der Waals surface area contributed by atoms with Crippen LogP contribution in [0.4, 0.5) is 4.39 Å². The molecule has 3 atom stereocenters. The van der Waals surface area contributed by atoms with Crippen LogP contribution in [0.3, 0.4) is 0 Å². The molecule has 0 heterocycles. The summed E-state index contributed by atoms with van der Waals surface area (Å²) in [4.78, 5) is 37.9. The van der Waals surface area contributed by atoms with Gasteiger partial charge in [-0.15, -0.1) is 0 Å². The van der Waals surface area contributed by atoms with E-state index in [0.717, 1.165) is 29.5 Å². The third-order valence-corrected chi connectivity index (χ3v) is 6.77. The zero-order valence-electron chi connectivity index (χ0n) is 22.6. The molecule has 2 aromatic rings. The maximum atomic E-state index is 13.4. The van der Waals surface area contributed by atoms with Crippen LogP contribution in [-0.2, 0) is 20.8 Å². The average Bonchev–Trinajstić information content (AvgIpc) is 2.86. The van der Waals surface area contributed by atoms with Crippen molar-refractivity contribution in [1.29, 1.82) is 0 Å². The van der Waals surface area contributed by atoms with Gasteiger partial charge in [-0.25, -0.2) is 4.39 Å². The summed E-state index contributed by atoms with van der Waals surface area (Å²) in [5.41, 5.74) is 2.38. The maximum Gasteiger partial charge on any atom is 0.306 e. The SMILES string of the molecule is CCCC[C@@H](C[C@@H](CCc1ccc(-c2ccc(F)cc2)cc1)C(=O)N[C@H](C(=O)NC)C(C)(C)C)C(=O)O. The van der Waals surface area contributed by atoms with Gasteiger partial charge < -0.3 is 15.7 Å². The van der Waals surface area contributed by atoms with E-state index >= 15 is 0 Å². The molecule has 0 unspecified atom stereocenters. The minimum absolute atomic E-state index is 0.222. The van der Waals surface area contributed by atoms with E-state index in [0.29, 0.717) is 19.3 Å². The molecule has 2 amide bonds. The largest absolute Gasteiger partial charge is 0.481 e. The van der Waals surface area contributed by atoms with Gasteiger partial charge >= 0.3 is 5.97 Å². The molecular weight excluding hydrogens is 471 g/mol. The van der Waals surface area contributed by atoms with E-state index in [1.165, 1.54) is 19.2 Å². The van der Waals surface area contributed by atoms with Crippen LogP contribution in [0.1, 0.15) is 65.4 Å². The van der Waals surface area contributed by atoms with Crippen LogP contribution in [0.15, 0.2) is 48.5 Å². The number of nitrogens with one attached hydrogen (secondary N) is 2. The van der Waals surface area contributed by atoms with Crippen molar-refractivity contribution in [3.05, 3.63) is 59.9 Å². The molecule has 0 aromatic heterocycles. The van der Waals surface area contributed by atoms with Crippen LogP contribution < -0.4 is 10.6 Å². The van der Waals surface area contributed by atoms with Crippen molar-refractivity contribution in [3.8, 4) is 11.1 Å². The molecule has 7 heteroatoms. The summed E-state index contributed by atoms with van der Waals surface area (Å²) >= 11 is 0. The molecule has 2 rings (SSSR count). The van der Waals surface area contributed by atoms with Crippen LogP contribution in [0.2, 0.25) is 0 Å². The summed E-state index contributed by atoms with van der Waals surface area (Å²) in [5.74, 6) is -2.93. The number of aryl methyl sites for hydroxylation is 1. The second kappa shape index (κ2) is 13.9. The van der Waals surface area contributed by atoms with Gasteiger partial charge in [0.15, 0.2) is 0 Å². The summed E-state index contributed by atoms with van der Waals surface area (Å²) in [5, 5.41) is 15.3.